The Morgan fingerprint density at radius 3 is 2.53 bits per heavy atom. The first-order valence-electron chi connectivity index (χ1n) is 11.9. The molecule has 1 aliphatic carbocycles. The monoisotopic (exact) mass is 505 g/mol. The van der Waals surface area contributed by atoms with Gasteiger partial charge in [0, 0.05) is 30.6 Å². The number of anilines is 1. The van der Waals surface area contributed by atoms with Gasteiger partial charge in [-0.1, -0.05) is 30.3 Å². The lowest BCUT2D eigenvalue weighted by Gasteiger charge is -2.41. The van der Waals surface area contributed by atoms with Gasteiger partial charge in [0.1, 0.15) is 0 Å². The summed E-state index contributed by atoms with van der Waals surface area (Å²) >= 11 is 0. The minimum Gasteiger partial charge on any atom is -0.349 e. The van der Waals surface area contributed by atoms with Crippen LogP contribution in [0.5, 0.6) is 0 Å². The highest BCUT2D eigenvalue weighted by Gasteiger charge is 2.47. The van der Waals surface area contributed by atoms with E-state index in [0.717, 1.165) is 35.0 Å². The van der Waals surface area contributed by atoms with Crippen LogP contribution in [0.15, 0.2) is 77.9 Å². The van der Waals surface area contributed by atoms with E-state index in [0.29, 0.717) is 5.69 Å². The molecule has 2 aliphatic rings. The molecule has 1 aliphatic heterocycles. The third-order valence-electron chi connectivity index (χ3n) is 6.89. The summed E-state index contributed by atoms with van der Waals surface area (Å²) in [6.07, 6.45) is 5.20. The number of carbonyl (C=O) groups excluding carboxylic acids is 1. The number of fused-ring (bicyclic) bond motifs is 1. The Morgan fingerprint density at radius 2 is 1.81 bits per heavy atom. The average molecular weight is 506 g/mol. The van der Waals surface area contributed by atoms with Gasteiger partial charge < -0.3 is 9.88 Å². The smallest absolute Gasteiger partial charge is 0.250 e. The van der Waals surface area contributed by atoms with E-state index in [2.05, 4.69) is 10.4 Å². The van der Waals surface area contributed by atoms with E-state index >= 15 is 0 Å². The second-order valence-electron chi connectivity index (χ2n) is 9.51. The zero-order valence-electron chi connectivity index (χ0n) is 19.7. The summed E-state index contributed by atoms with van der Waals surface area (Å²) in [6.45, 7) is 0. The maximum Gasteiger partial charge on any atom is 0.250 e. The maximum absolute atomic E-state index is 12.6. The summed E-state index contributed by atoms with van der Waals surface area (Å²) in [5.74, 6) is 0.0595. The summed E-state index contributed by atoms with van der Waals surface area (Å²) in [5.41, 5.74) is 3.00. The van der Waals surface area contributed by atoms with Crippen molar-refractivity contribution >= 4 is 33.3 Å². The molecule has 3 N–H and O–H groups in total. The van der Waals surface area contributed by atoms with Crippen molar-refractivity contribution in [2.45, 2.75) is 24.9 Å². The minimum absolute atomic E-state index is 0.0213. The molecule has 0 unspecified atom stereocenters. The summed E-state index contributed by atoms with van der Waals surface area (Å²) in [5, 5.41) is 8.41. The molecular formula is C26H27N5O4S. The van der Waals surface area contributed by atoms with Crippen LogP contribution in [0.2, 0.25) is 0 Å². The number of nitrogens with one attached hydrogen (secondary N) is 1. The zero-order chi connectivity index (χ0) is 25.0. The van der Waals surface area contributed by atoms with E-state index in [1.165, 1.54) is 10.6 Å². The first-order valence-corrected chi connectivity index (χ1v) is 13.5. The van der Waals surface area contributed by atoms with Crippen LogP contribution < -0.4 is 15.2 Å². The molecule has 2 fully saturated rings. The third-order valence-corrected chi connectivity index (χ3v) is 8.76. The van der Waals surface area contributed by atoms with Gasteiger partial charge in [0.25, 0.3) is 0 Å². The number of benzene rings is 2. The van der Waals surface area contributed by atoms with Crippen LogP contribution in [0, 0.1) is 5.92 Å². The van der Waals surface area contributed by atoms with Crippen molar-refractivity contribution in [1.29, 1.82) is 0 Å². The predicted octanol–water partition coefficient (Wildman–Crippen LogP) is 3.85. The van der Waals surface area contributed by atoms with Crippen LogP contribution in [0.1, 0.15) is 24.4 Å². The number of hydrogen-bond acceptors (Lipinski definition) is 6. The molecule has 9 nitrogen and oxygen atoms in total. The highest BCUT2D eigenvalue weighted by molar-refractivity contribution is 8.25. The van der Waals surface area contributed by atoms with Crippen molar-refractivity contribution in [2.24, 2.45) is 13.0 Å². The Hall–Kier alpha value is -3.60. The lowest BCUT2D eigenvalue weighted by molar-refractivity contribution is -0.122. The lowest BCUT2D eigenvalue weighted by Crippen LogP contribution is -2.41. The molecule has 2 aromatic heterocycles. The molecule has 2 atom stereocenters. The average Bonchev–Trinajstić information content (AvgIpc) is 3.57. The summed E-state index contributed by atoms with van der Waals surface area (Å²) in [4.78, 5) is 24.4. The molecule has 0 bridgehead atoms. The van der Waals surface area contributed by atoms with Gasteiger partial charge in [-0.3, -0.25) is 23.0 Å². The quantitative estimate of drug-likeness (QED) is 0.380. The number of hydrogen-bond donors (Lipinski definition) is 3. The fraction of sp³-hybridized carbons (Fsp3) is 0.269. The summed E-state index contributed by atoms with van der Waals surface area (Å²) in [6, 6.07) is 17.6. The van der Waals surface area contributed by atoms with Crippen molar-refractivity contribution in [2.75, 3.05) is 10.1 Å². The molecule has 0 radical (unpaired) electrons. The topological polar surface area (TPSA) is 113 Å². The van der Waals surface area contributed by atoms with E-state index in [1.807, 2.05) is 48.5 Å². The van der Waals surface area contributed by atoms with E-state index < -0.39 is 22.9 Å². The van der Waals surface area contributed by atoms with Gasteiger partial charge >= 0.3 is 0 Å². The van der Waals surface area contributed by atoms with Crippen LogP contribution in [-0.4, -0.2) is 41.2 Å². The Labute approximate surface area is 209 Å². The first kappa shape index (κ1) is 22.8. The summed E-state index contributed by atoms with van der Waals surface area (Å²) in [7, 11) is -1.52. The SMILES string of the molecule is Cn1cc(-n2ncc3cc(N4[C@H](c5ccccc5)[C@@H](NC(=O)C5CC5)CS4(O)O)ccc32)ccc1=O. The number of nitrogens with zero attached hydrogens (tertiary/aromatic N) is 4. The fourth-order valence-electron chi connectivity index (χ4n) is 4.94. The van der Waals surface area contributed by atoms with Crippen LogP contribution in [-0.2, 0) is 11.8 Å². The maximum atomic E-state index is 12.6. The molecule has 2 aromatic carbocycles. The van der Waals surface area contributed by atoms with Gasteiger partial charge in [0.2, 0.25) is 11.5 Å². The minimum atomic E-state index is -3.21. The van der Waals surface area contributed by atoms with Crippen LogP contribution in [0.4, 0.5) is 5.69 Å². The molecule has 1 amide bonds. The van der Waals surface area contributed by atoms with Gasteiger partial charge in [-0.15, -0.1) is 10.8 Å². The number of pyridine rings is 1. The molecule has 0 spiro atoms. The van der Waals surface area contributed by atoms with Crippen LogP contribution in [0.25, 0.3) is 16.6 Å². The van der Waals surface area contributed by atoms with Gasteiger partial charge in [-0.2, -0.15) is 5.10 Å². The number of carbonyl (C=O) groups is 1. The van der Waals surface area contributed by atoms with E-state index in [1.54, 1.807) is 34.5 Å². The van der Waals surface area contributed by atoms with Crippen molar-refractivity contribution in [3.8, 4) is 5.69 Å². The zero-order valence-corrected chi connectivity index (χ0v) is 20.5. The Morgan fingerprint density at radius 1 is 1.06 bits per heavy atom. The van der Waals surface area contributed by atoms with Crippen LogP contribution in [0.3, 0.4) is 0 Å². The Kier molecular flexibility index (Phi) is 5.40. The Bertz CT molecular complexity index is 1510. The third kappa shape index (κ3) is 3.97. The van der Waals surface area contributed by atoms with Gasteiger partial charge in [-0.05, 0) is 42.7 Å². The number of aromatic nitrogens is 3. The molecule has 186 valence electrons. The van der Waals surface area contributed by atoms with E-state index in [4.69, 9.17) is 0 Å². The van der Waals surface area contributed by atoms with Crippen molar-refractivity contribution < 1.29 is 13.9 Å². The van der Waals surface area contributed by atoms with Crippen molar-refractivity contribution in [1.82, 2.24) is 19.7 Å². The predicted molar refractivity (Wildman–Crippen MR) is 140 cm³/mol. The summed E-state index contributed by atoms with van der Waals surface area (Å²) < 4.78 is 27.4. The van der Waals surface area contributed by atoms with Gasteiger partial charge in [-0.25, -0.2) is 4.68 Å². The largest absolute Gasteiger partial charge is 0.349 e. The fourth-order valence-corrected chi connectivity index (χ4v) is 6.93. The van der Waals surface area contributed by atoms with Gasteiger partial charge in [0.05, 0.1) is 40.9 Å². The number of aryl methyl sites for hydroxylation is 1. The molecule has 10 heteroatoms. The molecule has 36 heavy (non-hydrogen) atoms. The van der Waals surface area contributed by atoms with Crippen molar-refractivity contribution in [3.05, 3.63) is 89.0 Å². The van der Waals surface area contributed by atoms with Gasteiger partial charge in [0.15, 0.2) is 0 Å². The standard InChI is InChI=1S/C26H27N5O4S/c1-29-15-21(10-12-24(29)32)30-23-11-9-20(13-19(23)14-27-30)31-25(17-5-3-2-4-6-17)22(16-36(31,34)35)28-26(33)18-7-8-18/h2-6,9-15,18,22,25,34-35H,7-8,16H2,1H3,(H,28,33)/t22-,25+/m0/s1. The van der Waals surface area contributed by atoms with E-state index in [9.17, 15) is 18.7 Å². The Balaban J connectivity index is 1.41. The molecular weight excluding hydrogens is 478 g/mol. The molecule has 1 saturated carbocycles. The second kappa shape index (κ2) is 8.51. The number of amides is 1. The highest BCUT2D eigenvalue weighted by atomic mass is 32.3. The van der Waals surface area contributed by atoms with Crippen molar-refractivity contribution in [3.63, 3.8) is 0 Å². The number of rotatable bonds is 5. The first-order chi connectivity index (χ1) is 17.3. The molecule has 3 heterocycles. The van der Waals surface area contributed by atoms with E-state index in [-0.39, 0.29) is 23.1 Å². The normalized spacial score (nSPS) is 22.0. The lowest BCUT2D eigenvalue weighted by atomic mass is 9.99. The molecule has 4 aromatic rings. The highest BCUT2D eigenvalue weighted by Crippen LogP contribution is 2.59. The molecule has 1 saturated heterocycles. The van der Waals surface area contributed by atoms with Crippen LogP contribution >= 0.6 is 10.8 Å². The molecule has 6 rings (SSSR count). The second-order valence-corrected chi connectivity index (χ2v) is 11.5.